The van der Waals surface area contributed by atoms with Crippen molar-refractivity contribution in [2.75, 3.05) is 0 Å². The molecule has 0 aliphatic carbocycles. The summed E-state index contributed by atoms with van der Waals surface area (Å²) < 4.78 is 34.3. The molecule has 0 bridgehead atoms. The molecule has 2 aromatic heterocycles. The fourth-order valence-electron chi connectivity index (χ4n) is 2.46. The molecule has 0 fully saturated rings. The van der Waals surface area contributed by atoms with Crippen molar-refractivity contribution in [3.63, 3.8) is 0 Å². The molecule has 4 rings (SSSR count). The van der Waals surface area contributed by atoms with E-state index in [4.69, 9.17) is 4.42 Å². The predicted molar refractivity (Wildman–Crippen MR) is 98.0 cm³/mol. The molecule has 2 heterocycles. The van der Waals surface area contributed by atoms with Crippen LogP contribution in [0.25, 0.3) is 22.5 Å². The average Bonchev–Trinajstić information content (AvgIpc) is 3.24. The first-order valence-corrected chi connectivity index (χ1v) is 9.36. The molecular weight excluding hydrogens is 426 g/mol. The van der Waals surface area contributed by atoms with Gasteiger partial charge in [0.25, 0.3) is 0 Å². The van der Waals surface area contributed by atoms with Gasteiger partial charge in [0.05, 0.1) is 16.8 Å². The first kappa shape index (κ1) is 17.2. The molecule has 0 amide bonds. The molecule has 0 spiro atoms. The van der Waals surface area contributed by atoms with Crippen LogP contribution in [0.15, 0.2) is 62.6 Å². The highest BCUT2D eigenvalue weighted by molar-refractivity contribution is 9.10. The summed E-state index contributed by atoms with van der Waals surface area (Å²) in [5.74, 6) is 0.982. The lowest BCUT2D eigenvalue weighted by Crippen LogP contribution is -2.00. The standard InChI is InChI=1S/C17H11BrF2N4OS/c18-11-7-5-10(6-8-11)15-23-22-14(25-15)9-26-17-21-12-3-1-2-4-13(12)24(17)16(19)20/h1-8,16H,9H2. The van der Waals surface area contributed by atoms with Crippen LogP contribution in [0.5, 0.6) is 0 Å². The van der Waals surface area contributed by atoms with Crippen molar-refractivity contribution in [3.05, 3.63) is 58.9 Å². The lowest BCUT2D eigenvalue weighted by atomic mass is 10.2. The summed E-state index contributed by atoms with van der Waals surface area (Å²) in [5.41, 5.74) is 1.71. The monoisotopic (exact) mass is 436 g/mol. The Bertz CT molecular complexity index is 1050. The van der Waals surface area contributed by atoms with Crippen LogP contribution >= 0.6 is 27.7 Å². The number of alkyl halides is 2. The number of nitrogens with zero attached hydrogens (tertiary/aromatic N) is 4. The molecule has 26 heavy (non-hydrogen) atoms. The minimum absolute atomic E-state index is 0.213. The minimum Gasteiger partial charge on any atom is -0.420 e. The number of benzene rings is 2. The number of thioether (sulfide) groups is 1. The van der Waals surface area contributed by atoms with E-state index in [2.05, 4.69) is 31.1 Å². The summed E-state index contributed by atoms with van der Waals surface area (Å²) in [6.07, 6.45) is 0. The van der Waals surface area contributed by atoms with E-state index in [1.165, 1.54) is 0 Å². The number of fused-ring (bicyclic) bond motifs is 1. The average molecular weight is 437 g/mol. The third-order valence-corrected chi connectivity index (χ3v) is 5.11. The molecule has 0 radical (unpaired) electrons. The van der Waals surface area contributed by atoms with E-state index < -0.39 is 6.55 Å². The van der Waals surface area contributed by atoms with Crippen LogP contribution in [0, 0.1) is 0 Å². The third kappa shape index (κ3) is 3.36. The predicted octanol–water partition coefficient (Wildman–Crippen LogP) is 5.54. The number of rotatable bonds is 5. The Hall–Kier alpha value is -2.26. The second-order valence-electron chi connectivity index (χ2n) is 5.33. The van der Waals surface area contributed by atoms with Crippen LogP contribution < -0.4 is 0 Å². The highest BCUT2D eigenvalue weighted by atomic mass is 79.9. The van der Waals surface area contributed by atoms with Crippen molar-refractivity contribution in [2.24, 2.45) is 0 Å². The van der Waals surface area contributed by atoms with Gasteiger partial charge in [0.1, 0.15) is 0 Å². The van der Waals surface area contributed by atoms with E-state index >= 15 is 0 Å². The highest BCUT2D eigenvalue weighted by Crippen LogP contribution is 2.31. The van der Waals surface area contributed by atoms with Crippen LogP contribution in [-0.2, 0) is 5.75 Å². The smallest absolute Gasteiger partial charge is 0.321 e. The number of hydrogen-bond acceptors (Lipinski definition) is 5. The van der Waals surface area contributed by atoms with Gasteiger partial charge in [0.15, 0.2) is 5.16 Å². The number of imidazole rings is 1. The summed E-state index contributed by atoms with van der Waals surface area (Å²) in [7, 11) is 0. The maximum Gasteiger partial charge on any atom is 0.321 e. The summed E-state index contributed by atoms with van der Waals surface area (Å²) in [6, 6.07) is 14.3. The Morgan fingerprint density at radius 3 is 2.62 bits per heavy atom. The fraction of sp³-hybridized carbons (Fsp3) is 0.118. The molecule has 4 aromatic rings. The topological polar surface area (TPSA) is 56.7 Å². The van der Waals surface area contributed by atoms with Gasteiger partial charge in [-0.3, -0.25) is 4.57 Å². The van der Waals surface area contributed by atoms with Crippen LogP contribution in [0.4, 0.5) is 8.78 Å². The van der Waals surface area contributed by atoms with Gasteiger partial charge >= 0.3 is 6.55 Å². The van der Waals surface area contributed by atoms with Gasteiger partial charge in [-0.15, -0.1) is 10.2 Å². The van der Waals surface area contributed by atoms with Crippen LogP contribution in [0.2, 0.25) is 0 Å². The Morgan fingerprint density at radius 2 is 1.85 bits per heavy atom. The maximum atomic E-state index is 13.4. The molecule has 132 valence electrons. The molecular formula is C17H11BrF2N4OS. The Labute approximate surface area is 159 Å². The largest absolute Gasteiger partial charge is 0.420 e. The second kappa shape index (κ2) is 7.16. The van der Waals surface area contributed by atoms with E-state index in [9.17, 15) is 8.78 Å². The van der Waals surface area contributed by atoms with Gasteiger partial charge in [0, 0.05) is 10.0 Å². The zero-order chi connectivity index (χ0) is 18.1. The molecule has 5 nitrogen and oxygen atoms in total. The Kier molecular flexibility index (Phi) is 4.73. The van der Waals surface area contributed by atoms with Gasteiger partial charge in [-0.2, -0.15) is 8.78 Å². The maximum absolute atomic E-state index is 13.4. The van der Waals surface area contributed by atoms with E-state index in [1.807, 2.05) is 24.3 Å². The quantitative estimate of drug-likeness (QED) is 0.384. The van der Waals surface area contributed by atoms with Gasteiger partial charge in [-0.1, -0.05) is 39.8 Å². The summed E-state index contributed by atoms with van der Waals surface area (Å²) in [6.45, 7) is -2.68. The zero-order valence-electron chi connectivity index (χ0n) is 13.1. The minimum atomic E-state index is -2.68. The highest BCUT2D eigenvalue weighted by Gasteiger charge is 2.19. The molecule has 0 aliphatic heterocycles. The number of para-hydroxylation sites is 2. The molecule has 0 saturated heterocycles. The molecule has 0 aliphatic rings. The molecule has 0 atom stereocenters. The summed E-state index contributed by atoms with van der Waals surface area (Å²) in [4.78, 5) is 4.27. The van der Waals surface area contributed by atoms with Crippen LogP contribution in [0.3, 0.4) is 0 Å². The van der Waals surface area contributed by atoms with Gasteiger partial charge < -0.3 is 4.42 Å². The molecule has 9 heteroatoms. The summed E-state index contributed by atoms with van der Waals surface area (Å²) >= 11 is 4.50. The summed E-state index contributed by atoms with van der Waals surface area (Å²) in [5, 5.41) is 8.21. The SMILES string of the molecule is FC(F)n1c(SCc2nnc(-c3ccc(Br)cc3)o2)nc2ccccc21. The van der Waals surface area contributed by atoms with Crippen molar-refractivity contribution in [1.82, 2.24) is 19.7 Å². The molecule has 0 unspecified atom stereocenters. The van der Waals surface area contributed by atoms with Crippen molar-refractivity contribution in [2.45, 2.75) is 17.5 Å². The van der Waals surface area contributed by atoms with Crippen molar-refractivity contribution in [1.29, 1.82) is 0 Å². The Balaban J connectivity index is 1.55. The van der Waals surface area contributed by atoms with E-state index in [0.717, 1.165) is 26.4 Å². The van der Waals surface area contributed by atoms with Crippen LogP contribution in [-0.4, -0.2) is 19.7 Å². The van der Waals surface area contributed by atoms with E-state index in [1.54, 1.807) is 24.3 Å². The van der Waals surface area contributed by atoms with E-state index in [0.29, 0.717) is 22.8 Å². The fourth-order valence-corrected chi connectivity index (χ4v) is 3.57. The van der Waals surface area contributed by atoms with Crippen molar-refractivity contribution < 1.29 is 13.2 Å². The first-order valence-electron chi connectivity index (χ1n) is 7.58. The van der Waals surface area contributed by atoms with Crippen molar-refractivity contribution >= 4 is 38.7 Å². The van der Waals surface area contributed by atoms with E-state index in [-0.39, 0.29) is 10.9 Å². The number of halogens is 3. The molecule has 0 N–H and O–H groups in total. The Morgan fingerprint density at radius 1 is 1.08 bits per heavy atom. The second-order valence-corrected chi connectivity index (χ2v) is 7.19. The number of aromatic nitrogens is 4. The molecule has 2 aromatic carbocycles. The number of hydrogen-bond donors (Lipinski definition) is 0. The first-order chi connectivity index (χ1) is 12.6. The lowest BCUT2D eigenvalue weighted by molar-refractivity contribution is 0.0656. The van der Waals surface area contributed by atoms with Gasteiger partial charge in [-0.25, -0.2) is 4.98 Å². The van der Waals surface area contributed by atoms with Gasteiger partial charge in [0.2, 0.25) is 11.8 Å². The van der Waals surface area contributed by atoms with Gasteiger partial charge in [-0.05, 0) is 36.4 Å². The van der Waals surface area contributed by atoms with Crippen LogP contribution in [0.1, 0.15) is 12.4 Å². The zero-order valence-corrected chi connectivity index (χ0v) is 15.5. The third-order valence-electron chi connectivity index (χ3n) is 3.64. The molecule has 0 saturated carbocycles. The normalized spacial score (nSPS) is 11.5. The lowest BCUT2D eigenvalue weighted by Gasteiger charge is -2.05. The van der Waals surface area contributed by atoms with Crippen molar-refractivity contribution in [3.8, 4) is 11.5 Å².